The molecule has 0 radical (unpaired) electrons. The van der Waals surface area contributed by atoms with Crippen LogP contribution in [-0.2, 0) is 0 Å². The molecule has 2 rings (SSSR count). The Morgan fingerprint density at radius 1 is 1.19 bits per heavy atom. The number of benzene rings is 1. The molecule has 2 aromatic rings. The molecule has 0 aliphatic rings. The van der Waals surface area contributed by atoms with Crippen molar-refractivity contribution < 1.29 is 4.79 Å². The Morgan fingerprint density at radius 2 is 2.00 bits per heavy atom. The fourth-order valence-electron chi connectivity index (χ4n) is 1.39. The summed E-state index contributed by atoms with van der Waals surface area (Å²) >= 11 is 0. The van der Waals surface area contributed by atoms with Crippen LogP contribution in [0, 0.1) is 11.3 Å². The number of aromatic nitrogens is 1. The van der Waals surface area contributed by atoms with Crippen molar-refractivity contribution in [1.29, 1.82) is 5.26 Å². The predicted molar refractivity (Wildman–Crippen MR) is 58.8 cm³/mol. The topological polar surface area (TPSA) is 53.8 Å². The van der Waals surface area contributed by atoms with Crippen molar-refractivity contribution in [2.24, 2.45) is 0 Å². The van der Waals surface area contributed by atoms with Crippen LogP contribution < -0.4 is 0 Å². The minimum absolute atomic E-state index is 0.120. The zero-order valence-corrected chi connectivity index (χ0v) is 8.42. The summed E-state index contributed by atoms with van der Waals surface area (Å²) in [6.07, 6.45) is 3.13. The van der Waals surface area contributed by atoms with Gasteiger partial charge in [-0.3, -0.25) is 9.78 Å². The molecule has 0 amide bonds. The fourth-order valence-corrected chi connectivity index (χ4v) is 1.39. The van der Waals surface area contributed by atoms with Gasteiger partial charge < -0.3 is 0 Å². The Labute approximate surface area is 93.0 Å². The minimum atomic E-state index is -0.120. The van der Waals surface area contributed by atoms with Crippen molar-refractivity contribution in [3.05, 3.63) is 65.5 Å². The first kappa shape index (κ1) is 10.1. The summed E-state index contributed by atoms with van der Waals surface area (Å²) < 4.78 is 0. The Morgan fingerprint density at radius 3 is 2.69 bits per heavy atom. The number of nitriles is 1. The molecule has 0 bridgehead atoms. The van der Waals surface area contributed by atoms with Crippen molar-refractivity contribution in [2.45, 2.75) is 0 Å². The van der Waals surface area contributed by atoms with Gasteiger partial charge >= 0.3 is 0 Å². The largest absolute Gasteiger partial charge is 0.289 e. The lowest BCUT2D eigenvalue weighted by molar-refractivity contribution is 0.103. The van der Waals surface area contributed by atoms with Gasteiger partial charge in [0.25, 0.3) is 0 Å². The Kier molecular flexibility index (Phi) is 2.75. The van der Waals surface area contributed by atoms with Crippen LogP contribution in [0.2, 0.25) is 0 Å². The van der Waals surface area contributed by atoms with Gasteiger partial charge in [0.15, 0.2) is 5.78 Å². The molecular formula is C13H8N2O. The van der Waals surface area contributed by atoms with Crippen LogP contribution in [0.15, 0.2) is 48.8 Å². The average Bonchev–Trinajstić information content (AvgIpc) is 2.39. The fraction of sp³-hybridized carbons (Fsp3) is 0. The predicted octanol–water partition coefficient (Wildman–Crippen LogP) is 2.18. The van der Waals surface area contributed by atoms with Crippen LogP contribution in [0.1, 0.15) is 21.5 Å². The van der Waals surface area contributed by atoms with Gasteiger partial charge in [0.2, 0.25) is 0 Å². The molecule has 0 saturated carbocycles. The molecule has 3 nitrogen and oxygen atoms in total. The van der Waals surface area contributed by atoms with Gasteiger partial charge in [0, 0.05) is 23.5 Å². The molecule has 0 aliphatic carbocycles. The lowest BCUT2D eigenvalue weighted by atomic mass is 10.0. The molecule has 0 fully saturated rings. The SMILES string of the molecule is N#Cc1cccc(C(=O)c2cccnc2)c1. The lowest BCUT2D eigenvalue weighted by Gasteiger charge is -2.00. The highest BCUT2D eigenvalue weighted by molar-refractivity contribution is 6.08. The van der Waals surface area contributed by atoms with Crippen LogP contribution >= 0.6 is 0 Å². The summed E-state index contributed by atoms with van der Waals surface area (Å²) in [6.45, 7) is 0. The summed E-state index contributed by atoms with van der Waals surface area (Å²) in [5.74, 6) is -0.120. The summed E-state index contributed by atoms with van der Waals surface area (Å²) in [4.78, 5) is 15.9. The zero-order chi connectivity index (χ0) is 11.4. The van der Waals surface area contributed by atoms with E-state index >= 15 is 0 Å². The van der Waals surface area contributed by atoms with E-state index in [1.165, 1.54) is 6.20 Å². The molecule has 1 heterocycles. The number of hydrogen-bond acceptors (Lipinski definition) is 3. The Balaban J connectivity index is 2.39. The summed E-state index contributed by atoms with van der Waals surface area (Å²) in [5.41, 5.74) is 1.51. The second-order valence-electron chi connectivity index (χ2n) is 3.26. The summed E-state index contributed by atoms with van der Waals surface area (Å²) in [7, 11) is 0. The van der Waals surface area contributed by atoms with Gasteiger partial charge in [-0.25, -0.2) is 0 Å². The van der Waals surface area contributed by atoms with E-state index in [2.05, 4.69) is 4.98 Å². The van der Waals surface area contributed by atoms with Crippen LogP contribution in [0.3, 0.4) is 0 Å². The van der Waals surface area contributed by atoms with E-state index in [1.54, 1.807) is 42.6 Å². The highest BCUT2D eigenvalue weighted by Crippen LogP contribution is 2.10. The van der Waals surface area contributed by atoms with Gasteiger partial charge in [-0.15, -0.1) is 0 Å². The van der Waals surface area contributed by atoms with Gasteiger partial charge in [-0.05, 0) is 24.3 Å². The molecule has 1 aromatic heterocycles. The third-order valence-corrected chi connectivity index (χ3v) is 2.18. The first-order valence-electron chi connectivity index (χ1n) is 4.76. The van der Waals surface area contributed by atoms with E-state index in [0.29, 0.717) is 16.7 Å². The number of rotatable bonds is 2. The van der Waals surface area contributed by atoms with E-state index < -0.39 is 0 Å². The first-order chi connectivity index (χ1) is 7.81. The van der Waals surface area contributed by atoms with E-state index in [0.717, 1.165) is 0 Å². The number of ketones is 1. The number of carbonyl (C=O) groups is 1. The molecule has 76 valence electrons. The molecular weight excluding hydrogens is 200 g/mol. The van der Waals surface area contributed by atoms with E-state index in [1.807, 2.05) is 6.07 Å². The van der Waals surface area contributed by atoms with Crippen molar-refractivity contribution in [3.63, 3.8) is 0 Å². The number of nitrogens with zero attached hydrogens (tertiary/aromatic N) is 2. The lowest BCUT2D eigenvalue weighted by Crippen LogP contribution is -2.01. The normalized spacial score (nSPS) is 9.44. The molecule has 1 aromatic carbocycles. The molecule has 0 atom stereocenters. The molecule has 0 unspecified atom stereocenters. The van der Waals surface area contributed by atoms with Crippen LogP contribution in [-0.4, -0.2) is 10.8 Å². The highest BCUT2D eigenvalue weighted by Gasteiger charge is 2.08. The maximum atomic E-state index is 12.0. The second-order valence-corrected chi connectivity index (χ2v) is 3.26. The smallest absolute Gasteiger partial charge is 0.194 e. The third kappa shape index (κ3) is 1.96. The van der Waals surface area contributed by atoms with Crippen LogP contribution in [0.25, 0.3) is 0 Å². The third-order valence-electron chi connectivity index (χ3n) is 2.18. The highest BCUT2D eigenvalue weighted by atomic mass is 16.1. The Hall–Kier alpha value is -2.47. The van der Waals surface area contributed by atoms with Crippen molar-refractivity contribution in [2.75, 3.05) is 0 Å². The van der Waals surface area contributed by atoms with Crippen LogP contribution in [0.5, 0.6) is 0 Å². The van der Waals surface area contributed by atoms with E-state index in [9.17, 15) is 4.79 Å². The van der Waals surface area contributed by atoms with E-state index in [4.69, 9.17) is 5.26 Å². The minimum Gasteiger partial charge on any atom is -0.289 e. The number of carbonyl (C=O) groups excluding carboxylic acids is 1. The first-order valence-corrected chi connectivity index (χ1v) is 4.76. The van der Waals surface area contributed by atoms with Gasteiger partial charge in [0.1, 0.15) is 0 Å². The number of hydrogen-bond donors (Lipinski definition) is 0. The van der Waals surface area contributed by atoms with Gasteiger partial charge in [-0.2, -0.15) is 5.26 Å². The van der Waals surface area contributed by atoms with Gasteiger partial charge in [0.05, 0.1) is 11.6 Å². The molecule has 0 aliphatic heterocycles. The summed E-state index contributed by atoms with van der Waals surface area (Å²) in [6, 6.07) is 12.1. The molecule has 16 heavy (non-hydrogen) atoms. The maximum Gasteiger partial charge on any atom is 0.194 e. The van der Waals surface area contributed by atoms with Gasteiger partial charge in [-0.1, -0.05) is 12.1 Å². The standard InChI is InChI=1S/C13H8N2O/c14-8-10-3-1-4-11(7-10)13(16)12-5-2-6-15-9-12/h1-7,9H. The average molecular weight is 208 g/mol. The van der Waals surface area contributed by atoms with E-state index in [-0.39, 0.29) is 5.78 Å². The second kappa shape index (κ2) is 4.37. The quantitative estimate of drug-likeness (QED) is 0.711. The monoisotopic (exact) mass is 208 g/mol. The molecule has 3 heteroatoms. The zero-order valence-electron chi connectivity index (χ0n) is 8.42. The van der Waals surface area contributed by atoms with Crippen molar-refractivity contribution in [3.8, 4) is 6.07 Å². The van der Waals surface area contributed by atoms with Crippen molar-refractivity contribution in [1.82, 2.24) is 4.98 Å². The maximum absolute atomic E-state index is 12.0. The molecule has 0 saturated heterocycles. The summed E-state index contributed by atoms with van der Waals surface area (Å²) in [5, 5.41) is 8.74. The number of pyridine rings is 1. The van der Waals surface area contributed by atoms with Crippen LogP contribution in [0.4, 0.5) is 0 Å². The Bertz CT molecular complexity index is 556. The molecule has 0 spiro atoms. The van der Waals surface area contributed by atoms with Crippen molar-refractivity contribution >= 4 is 5.78 Å². The molecule has 0 N–H and O–H groups in total.